The Labute approximate surface area is 165 Å². The van der Waals surface area contributed by atoms with Crippen molar-refractivity contribution in [1.29, 1.82) is 0 Å². The summed E-state index contributed by atoms with van der Waals surface area (Å²) in [4.78, 5) is 12.3. The van der Waals surface area contributed by atoms with Crippen LogP contribution in [-0.2, 0) is 22.1 Å². The SMILES string of the molecule is CC(C)NC(CSSCc1cc(CS)cc(CS)c1)C(=O)C(C)C. The van der Waals surface area contributed by atoms with Gasteiger partial charge in [-0.3, -0.25) is 4.79 Å². The zero-order chi connectivity index (χ0) is 18.1. The summed E-state index contributed by atoms with van der Waals surface area (Å²) in [6, 6.07) is 6.81. The summed E-state index contributed by atoms with van der Waals surface area (Å²) in [5, 5.41) is 3.39. The fraction of sp³-hybridized carbons (Fsp3) is 0.611. The first kappa shape index (κ1) is 22.3. The predicted octanol–water partition coefficient (Wildman–Crippen LogP) is 5.02. The minimum atomic E-state index is -0.0701. The highest BCUT2D eigenvalue weighted by Crippen LogP contribution is 2.28. The lowest BCUT2D eigenvalue weighted by molar-refractivity contribution is -0.123. The Morgan fingerprint density at radius 1 is 1.00 bits per heavy atom. The molecule has 6 heteroatoms. The van der Waals surface area contributed by atoms with Gasteiger partial charge in [0.25, 0.3) is 0 Å². The van der Waals surface area contributed by atoms with Crippen LogP contribution >= 0.6 is 46.8 Å². The summed E-state index contributed by atoms with van der Waals surface area (Å²) in [6.07, 6.45) is 0. The fourth-order valence-corrected chi connectivity index (χ4v) is 4.95. The van der Waals surface area contributed by atoms with Crippen LogP contribution in [0.15, 0.2) is 18.2 Å². The van der Waals surface area contributed by atoms with Gasteiger partial charge >= 0.3 is 0 Å². The van der Waals surface area contributed by atoms with Crippen molar-refractivity contribution in [1.82, 2.24) is 5.32 Å². The second kappa shape index (κ2) is 11.8. The molecule has 1 aromatic carbocycles. The molecule has 0 saturated heterocycles. The van der Waals surface area contributed by atoms with E-state index in [1.807, 2.05) is 13.8 Å². The summed E-state index contributed by atoms with van der Waals surface area (Å²) in [7, 11) is 3.57. The third-order valence-corrected chi connectivity index (χ3v) is 6.55. The molecule has 0 aliphatic carbocycles. The second-order valence-corrected chi connectivity index (χ2v) is 9.59. The fourth-order valence-electron chi connectivity index (χ4n) is 2.35. The van der Waals surface area contributed by atoms with Crippen LogP contribution in [0.25, 0.3) is 0 Å². The van der Waals surface area contributed by atoms with Gasteiger partial charge in [-0.2, -0.15) is 25.3 Å². The van der Waals surface area contributed by atoms with Gasteiger partial charge in [0.2, 0.25) is 0 Å². The molecule has 1 atom stereocenters. The van der Waals surface area contributed by atoms with Crippen molar-refractivity contribution in [2.24, 2.45) is 5.92 Å². The average molecular weight is 404 g/mol. The van der Waals surface area contributed by atoms with E-state index < -0.39 is 0 Å². The molecule has 1 aromatic rings. The molecule has 24 heavy (non-hydrogen) atoms. The molecule has 2 nitrogen and oxygen atoms in total. The van der Waals surface area contributed by atoms with Gasteiger partial charge in [-0.1, -0.05) is 67.5 Å². The topological polar surface area (TPSA) is 29.1 Å². The Balaban J connectivity index is 2.55. The van der Waals surface area contributed by atoms with E-state index in [1.54, 1.807) is 21.6 Å². The van der Waals surface area contributed by atoms with Crippen LogP contribution in [0.2, 0.25) is 0 Å². The number of hydrogen-bond acceptors (Lipinski definition) is 6. The molecule has 136 valence electrons. The van der Waals surface area contributed by atoms with Gasteiger partial charge in [-0.15, -0.1) is 0 Å². The summed E-state index contributed by atoms with van der Waals surface area (Å²) in [5.41, 5.74) is 3.77. The van der Waals surface area contributed by atoms with E-state index in [4.69, 9.17) is 0 Å². The van der Waals surface area contributed by atoms with Crippen LogP contribution in [0, 0.1) is 5.92 Å². The summed E-state index contributed by atoms with van der Waals surface area (Å²) >= 11 is 8.74. The molecule has 0 bridgehead atoms. The maximum absolute atomic E-state index is 12.3. The highest BCUT2D eigenvalue weighted by molar-refractivity contribution is 8.76. The van der Waals surface area contributed by atoms with Gasteiger partial charge in [0.15, 0.2) is 5.78 Å². The molecule has 0 aliphatic heterocycles. The summed E-state index contributed by atoms with van der Waals surface area (Å²) in [5.74, 6) is 3.58. The third kappa shape index (κ3) is 8.09. The predicted molar refractivity (Wildman–Crippen MR) is 117 cm³/mol. The lowest BCUT2D eigenvalue weighted by atomic mass is 10.0. The van der Waals surface area contributed by atoms with E-state index >= 15 is 0 Å². The van der Waals surface area contributed by atoms with Gasteiger partial charge in [-0.05, 0) is 16.7 Å². The van der Waals surface area contributed by atoms with E-state index in [0.29, 0.717) is 11.8 Å². The average Bonchev–Trinajstić information content (AvgIpc) is 2.55. The van der Waals surface area contributed by atoms with Gasteiger partial charge < -0.3 is 5.32 Å². The molecule has 0 amide bonds. The van der Waals surface area contributed by atoms with E-state index in [-0.39, 0.29) is 12.0 Å². The number of hydrogen-bond donors (Lipinski definition) is 3. The lowest BCUT2D eigenvalue weighted by Gasteiger charge is -2.21. The van der Waals surface area contributed by atoms with Gasteiger partial charge in [0.1, 0.15) is 0 Å². The first-order valence-electron chi connectivity index (χ1n) is 8.25. The Kier molecular flexibility index (Phi) is 10.9. The molecule has 0 aliphatic rings. The number of carbonyl (C=O) groups excluding carboxylic acids is 1. The monoisotopic (exact) mass is 403 g/mol. The Morgan fingerprint density at radius 2 is 1.54 bits per heavy atom. The molecule has 1 rings (SSSR count). The van der Waals surface area contributed by atoms with Gasteiger partial charge in [-0.25, -0.2) is 0 Å². The molecule has 1 N–H and O–H groups in total. The van der Waals surface area contributed by atoms with Crippen molar-refractivity contribution in [3.05, 3.63) is 34.9 Å². The highest BCUT2D eigenvalue weighted by Gasteiger charge is 2.21. The van der Waals surface area contributed by atoms with Crippen molar-refractivity contribution < 1.29 is 4.79 Å². The molecule has 0 saturated carbocycles. The number of benzene rings is 1. The van der Waals surface area contributed by atoms with Crippen LogP contribution in [0.5, 0.6) is 0 Å². The molecule has 0 aromatic heterocycles. The van der Waals surface area contributed by atoms with Gasteiger partial charge in [0, 0.05) is 35.0 Å². The van der Waals surface area contributed by atoms with Crippen LogP contribution < -0.4 is 5.32 Å². The zero-order valence-electron chi connectivity index (χ0n) is 14.9. The van der Waals surface area contributed by atoms with E-state index in [0.717, 1.165) is 23.0 Å². The minimum Gasteiger partial charge on any atom is -0.305 e. The standard InChI is InChI=1S/C18H29NOS4/c1-12(2)18(20)17(19-13(3)4)11-24-23-10-16-6-14(8-21)5-15(7-16)9-22/h5-7,12-13,17,19,21-22H,8-11H2,1-4H3. The number of Topliss-reactive ketones (excluding diaryl/α,β-unsaturated/α-hetero) is 1. The zero-order valence-corrected chi connectivity index (χ0v) is 18.3. The summed E-state index contributed by atoms with van der Waals surface area (Å²) in [6.45, 7) is 8.11. The van der Waals surface area contributed by atoms with Gasteiger partial charge in [0.05, 0.1) is 6.04 Å². The largest absolute Gasteiger partial charge is 0.305 e. The minimum absolute atomic E-state index is 0.0665. The molecule has 0 spiro atoms. The molecular formula is C18H29NOS4. The van der Waals surface area contributed by atoms with Crippen molar-refractivity contribution in [2.75, 3.05) is 5.75 Å². The molecule has 0 fully saturated rings. The number of thiol groups is 2. The first-order chi connectivity index (χ1) is 11.4. The molecular weight excluding hydrogens is 374 g/mol. The van der Waals surface area contributed by atoms with E-state index in [1.165, 1.54) is 16.7 Å². The van der Waals surface area contributed by atoms with Crippen molar-refractivity contribution >= 4 is 52.6 Å². The maximum atomic E-state index is 12.3. The molecule has 1 unspecified atom stereocenters. The number of carbonyl (C=O) groups is 1. The quantitative estimate of drug-likeness (QED) is 0.275. The van der Waals surface area contributed by atoms with Crippen molar-refractivity contribution in [3.63, 3.8) is 0 Å². The van der Waals surface area contributed by atoms with Crippen LogP contribution in [0.4, 0.5) is 0 Å². The molecule has 0 radical (unpaired) electrons. The van der Waals surface area contributed by atoms with E-state index in [9.17, 15) is 4.79 Å². The second-order valence-electron chi connectivity index (χ2n) is 6.45. The number of rotatable bonds is 11. The van der Waals surface area contributed by atoms with Crippen molar-refractivity contribution in [2.45, 2.75) is 57.0 Å². The van der Waals surface area contributed by atoms with Crippen LogP contribution in [0.3, 0.4) is 0 Å². The van der Waals surface area contributed by atoms with Crippen LogP contribution in [0.1, 0.15) is 44.4 Å². The number of nitrogens with one attached hydrogen (secondary N) is 1. The van der Waals surface area contributed by atoms with Crippen LogP contribution in [-0.4, -0.2) is 23.6 Å². The number of ketones is 1. The Hall–Kier alpha value is 0.250. The van der Waals surface area contributed by atoms with Crippen molar-refractivity contribution in [3.8, 4) is 0 Å². The normalized spacial score (nSPS) is 12.8. The first-order valence-corrected chi connectivity index (χ1v) is 12.0. The van der Waals surface area contributed by atoms with E-state index in [2.05, 4.69) is 62.6 Å². The third-order valence-electron chi connectivity index (χ3n) is 3.47. The Bertz CT molecular complexity index is 497. The smallest absolute Gasteiger partial charge is 0.153 e. The summed E-state index contributed by atoms with van der Waals surface area (Å²) < 4.78 is 0. The lowest BCUT2D eigenvalue weighted by Crippen LogP contribution is -2.44. The Morgan fingerprint density at radius 3 is 2.00 bits per heavy atom. The highest BCUT2D eigenvalue weighted by atomic mass is 33.1. The maximum Gasteiger partial charge on any atom is 0.153 e. The molecule has 0 heterocycles.